The second-order valence-electron chi connectivity index (χ2n) is 5.73. The van der Waals surface area contributed by atoms with E-state index < -0.39 is 5.60 Å². The number of aliphatic hydroxyl groups is 1. The lowest BCUT2D eigenvalue weighted by molar-refractivity contribution is -0.0237. The first-order chi connectivity index (χ1) is 10.0. The molecule has 2 rings (SSSR count). The topological polar surface area (TPSA) is 47.9 Å². The van der Waals surface area contributed by atoms with E-state index >= 15 is 0 Å². The highest BCUT2D eigenvalue weighted by atomic mass is 127. The molecule has 1 aromatic rings. The van der Waals surface area contributed by atoms with Crippen LogP contribution in [0.15, 0.2) is 29.3 Å². The highest BCUT2D eigenvalue weighted by Crippen LogP contribution is 2.31. The third-order valence-electron chi connectivity index (χ3n) is 3.84. The van der Waals surface area contributed by atoms with Crippen molar-refractivity contribution in [1.82, 2.24) is 10.2 Å². The molecule has 2 N–H and O–H groups in total. The summed E-state index contributed by atoms with van der Waals surface area (Å²) >= 11 is 0. The third kappa shape index (κ3) is 5.39. The minimum atomic E-state index is -0.614. The molecule has 0 bridgehead atoms. The van der Waals surface area contributed by atoms with Gasteiger partial charge >= 0.3 is 0 Å². The van der Waals surface area contributed by atoms with Crippen molar-refractivity contribution in [3.05, 3.63) is 35.6 Å². The SMILES string of the molecule is CCNC(=NCC1(O)CCC1)N(C)Cc1ccc(F)cc1.I. The van der Waals surface area contributed by atoms with Crippen molar-refractivity contribution in [2.24, 2.45) is 4.99 Å². The van der Waals surface area contributed by atoms with E-state index in [1.165, 1.54) is 12.1 Å². The van der Waals surface area contributed by atoms with Crippen molar-refractivity contribution in [2.45, 2.75) is 38.3 Å². The van der Waals surface area contributed by atoms with E-state index in [0.717, 1.165) is 37.3 Å². The minimum Gasteiger partial charge on any atom is -0.388 e. The maximum atomic E-state index is 12.9. The molecule has 1 aliphatic carbocycles. The Morgan fingerprint density at radius 2 is 2.00 bits per heavy atom. The number of benzene rings is 1. The standard InChI is InChI=1S/C16H24FN3O.HI/c1-3-18-15(19-12-16(21)9-4-10-16)20(2)11-13-5-7-14(17)8-6-13;/h5-8,21H,3-4,9-12H2,1-2H3,(H,18,19);1H. The van der Waals surface area contributed by atoms with Gasteiger partial charge in [-0.05, 0) is 43.9 Å². The number of halogens is 2. The summed E-state index contributed by atoms with van der Waals surface area (Å²) in [4.78, 5) is 6.51. The van der Waals surface area contributed by atoms with Crippen LogP contribution in [0.4, 0.5) is 4.39 Å². The van der Waals surface area contributed by atoms with Gasteiger partial charge in [-0.25, -0.2) is 4.39 Å². The second-order valence-corrected chi connectivity index (χ2v) is 5.73. The Morgan fingerprint density at radius 3 is 2.50 bits per heavy atom. The van der Waals surface area contributed by atoms with Gasteiger partial charge in [-0.1, -0.05) is 12.1 Å². The zero-order valence-corrected chi connectivity index (χ0v) is 15.5. The fraction of sp³-hybridized carbons (Fsp3) is 0.562. The monoisotopic (exact) mass is 421 g/mol. The van der Waals surface area contributed by atoms with Gasteiger partial charge in [0.15, 0.2) is 5.96 Å². The Morgan fingerprint density at radius 1 is 1.36 bits per heavy atom. The fourth-order valence-corrected chi connectivity index (χ4v) is 2.37. The minimum absolute atomic E-state index is 0. The van der Waals surface area contributed by atoms with E-state index in [4.69, 9.17) is 0 Å². The molecule has 0 atom stereocenters. The average molecular weight is 421 g/mol. The maximum Gasteiger partial charge on any atom is 0.194 e. The molecule has 6 heteroatoms. The van der Waals surface area contributed by atoms with Gasteiger partial charge in [-0.15, -0.1) is 24.0 Å². The number of nitrogens with one attached hydrogen (secondary N) is 1. The van der Waals surface area contributed by atoms with Crippen LogP contribution in [0.25, 0.3) is 0 Å². The van der Waals surface area contributed by atoms with Gasteiger partial charge in [0.05, 0.1) is 12.1 Å². The molecule has 0 heterocycles. The highest BCUT2D eigenvalue weighted by Gasteiger charge is 2.34. The van der Waals surface area contributed by atoms with Crippen molar-refractivity contribution in [2.75, 3.05) is 20.1 Å². The van der Waals surface area contributed by atoms with E-state index in [2.05, 4.69) is 10.3 Å². The molecular weight excluding hydrogens is 396 g/mol. The fourth-order valence-electron chi connectivity index (χ4n) is 2.37. The predicted octanol–water partition coefficient (Wildman–Crippen LogP) is 2.76. The third-order valence-corrected chi connectivity index (χ3v) is 3.84. The van der Waals surface area contributed by atoms with Crippen LogP contribution in [0, 0.1) is 5.82 Å². The summed E-state index contributed by atoms with van der Waals surface area (Å²) in [6.45, 7) is 3.86. The molecule has 0 aromatic heterocycles. The summed E-state index contributed by atoms with van der Waals surface area (Å²) in [6, 6.07) is 6.47. The van der Waals surface area contributed by atoms with Gasteiger partial charge in [-0.3, -0.25) is 4.99 Å². The molecule has 1 fully saturated rings. The normalized spacial score (nSPS) is 16.5. The molecule has 4 nitrogen and oxygen atoms in total. The number of hydrogen-bond acceptors (Lipinski definition) is 2. The molecule has 0 radical (unpaired) electrons. The molecule has 1 aliphatic rings. The van der Waals surface area contributed by atoms with Crippen LogP contribution in [-0.4, -0.2) is 41.7 Å². The Balaban J connectivity index is 0.00000242. The van der Waals surface area contributed by atoms with Gasteiger partial charge < -0.3 is 15.3 Å². The lowest BCUT2D eigenvalue weighted by Gasteiger charge is -2.35. The van der Waals surface area contributed by atoms with Crippen molar-refractivity contribution >= 4 is 29.9 Å². The van der Waals surface area contributed by atoms with Gasteiger partial charge in [0.25, 0.3) is 0 Å². The van der Waals surface area contributed by atoms with E-state index in [-0.39, 0.29) is 29.8 Å². The number of guanidine groups is 1. The number of hydrogen-bond donors (Lipinski definition) is 2. The zero-order valence-electron chi connectivity index (χ0n) is 13.2. The summed E-state index contributed by atoms with van der Waals surface area (Å²) in [5, 5.41) is 13.4. The predicted molar refractivity (Wildman–Crippen MR) is 98.1 cm³/mol. The van der Waals surface area contributed by atoms with Crippen molar-refractivity contribution in [1.29, 1.82) is 0 Å². The number of rotatable bonds is 5. The molecule has 1 saturated carbocycles. The highest BCUT2D eigenvalue weighted by molar-refractivity contribution is 14.0. The van der Waals surface area contributed by atoms with Crippen LogP contribution >= 0.6 is 24.0 Å². The average Bonchev–Trinajstić information content (AvgIpc) is 2.43. The van der Waals surface area contributed by atoms with Crippen molar-refractivity contribution in [3.63, 3.8) is 0 Å². The van der Waals surface area contributed by atoms with E-state index in [1.54, 1.807) is 12.1 Å². The van der Waals surface area contributed by atoms with E-state index in [1.807, 2.05) is 18.9 Å². The molecule has 0 aliphatic heterocycles. The lowest BCUT2D eigenvalue weighted by atomic mass is 9.80. The van der Waals surface area contributed by atoms with Gasteiger partial charge in [0.1, 0.15) is 5.82 Å². The first-order valence-corrected chi connectivity index (χ1v) is 7.49. The summed E-state index contributed by atoms with van der Waals surface area (Å²) in [5.41, 5.74) is 0.407. The number of nitrogens with zero attached hydrogens (tertiary/aromatic N) is 2. The largest absolute Gasteiger partial charge is 0.388 e. The molecule has 0 amide bonds. The molecule has 124 valence electrons. The summed E-state index contributed by atoms with van der Waals surface area (Å²) in [7, 11) is 1.94. The van der Waals surface area contributed by atoms with Crippen LogP contribution in [0.1, 0.15) is 31.7 Å². The summed E-state index contributed by atoms with van der Waals surface area (Å²) in [5.74, 6) is 0.538. The van der Waals surface area contributed by atoms with E-state index in [9.17, 15) is 9.50 Å². The Kier molecular flexibility index (Phi) is 7.55. The van der Waals surface area contributed by atoms with Gasteiger partial charge in [-0.2, -0.15) is 0 Å². The van der Waals surface area contributed by atoms with Crippen LogP contribution in [-0.2, 0) is 6.54 Å². The van der Waals surface area contributed by atoms with Crippen LogP contribution in [0.3, 0.4) is 0 Å². The molecule has 0 unspecified atom stereocenters. The Labute approximate surface area is 148 Å². The Hall–Kier alpha value is -0.890. The van der Waals surface area contributed by atoms with Crippen LogP contribution in [0.2, 0.25) is 0 Å². The quantitative estimate of drug-likeness (QED) is 0.437. The van der Waals surface area contributed by atoms with Crippen LogP contribution in [0.5, 0.6) is 0 Å². The van der Waals surface area contributed by atoms with Gasteiger partial charge in [0, 0.05) is 20.1 Å². The summed E-state index contributed by atoms with van der Waals surface area (Å²) < 4.78 is 12.9. The van der Waals surface area contributed by atoms with Crippen molar-refractivity contribution in [3.8, 4) is 0 Å². The zero-order chi connectivity index (χ0) is 15.3. The van der Waals surface area contributed by atoms with E-state index in [0.29, 0.717) is 13.1 Å². The first kappa shape index (κ1) is 19.2. The molecule has 22 heavy (non-hydrogen) atoms. The molecule has 1 aromatic carbocycles. The maximum absolute atomic E-state index is 12.9. The van der Waals surface area contributed by atoms with Crippen molar-refractivity contribution < 1.29 is 9.50 Å². The van der Waals surface area contributed by atoms with Gasteiger partial charge in [0.2, 0.25) is 0 Å². The molecule has 0 saturated heterocycles. The smallest absolute Gasteiger partial charge is 0.194 e. The Bertz CT molecular complexity index is 489. The number of aliphatic imine (C=N–C) groups is 1. The lowest BCUT2D eigenvalue weighted by Crippen LogP contribution is -2.43. The molecule has 0 spiro atoms. The van der Waals surface area contributed by atoms with Crippen LogP contribution < -0.4 is 5.32 Å². The summed E-state index contributed by atoms with van der Waals surface area (Å²) in [6.07, 6.45) is 2.74. The molecular formula is C16H25FIN3O. The first-order valence-electron chi connectivity index (χ1n) is 7.49. The second kappa shape index (κ2) is 8.67.